The molecule has 0 radical (unpaired) electrons. The normalized spacial score (nSPS) is 10.0. The lowest BCUT2D eigenvalue weighted by Gasteiger charge is -2.13. The second-order valence-electron chi connectivity index (χ2n) is 3.65. The molecule has 4 heteroatoms. The number of hydrogen-bond acceptors (Lipinski definition) is 4. The molecule has 1 aromatic carbocycles. The zero-order valence-corrected chi connectivity index (χ0v) is 10.2. The van der Waals surface area contributed by atoms with Gasteiger partial charge in [0.25, 0.3) is 0 Å². The van der Waals surface area contributed by atoms with Gasteiger partial charge in [0.15, 0.2) is 11.5 Å². The Morgan fingerprint density at radius 1 is 1.12 bits per heavy atom. The van der Waals surface area contributed by atoms with Crippen molar-refractivity contribution in [3.63, 3.8) is 0 Å². The van der Waals surface area contributed by atoms with Gasteiger partial charge in [-0.05, 0) is 31.0 Å². The van der Waals surface area contributed by atoms with E-state index in [1.807, 2.05) is 13.8 Å². The van der Waals surface area contributed by atoms with E-state index in [9.17, 15) is 9.90 Å². The summed E-state index contributed by atoms with van der Waals surface area (Å²) in [6.45, 7) is 5.09. The van der Waals surface area contributed by atoms with E-state index in [1.54, 1.807) is 6.07 Å². The molecule has 0 fully saturated rings. The Bertz CT molecular complexity index is 374. The first-order valence-electron chi connectivity index (χ1n) is 5.80. The van der Waals surface area contributed by atoms with Crippen LogP contribution in [0.5, 0.6) is 11.5 Å². The fraction of sp³-hybridized carbons (Fsp3) is 0.462. The fourth-order valence-corrected chi connectivity index (χ4v) is 1.29. The first-order chi connectivity index (χ1) is 8.19. The number of rotatable bonds is 7. The molecule has 17 heavy (non-hydrogen) atoms. The highest BCUT2D eigenvalue weighted by Gasteiger charge is 2.07. The van der Waals surface area contributed by atoms with Gasteiger partial charge in [0, 0.05) is 5.56 Å². The number of carboxylic acids is 1. The predicted molar refractivity (Wildman–Crippen MR) is 62.3 cm³/mol. The van der Waals surface area contributed by atoms with Crippen LogP contribution in [0, 0.1) is 0 Å². The third-order valence-electron chi connectivity index (χ3n) is 2.10. The monoisotopic (exact) mass is 237 g/mol. The van der Waals surface area contributed by atoms with Crippen molar-refractivity contribution in [1.29, 1.82) is 0 Å². The summed E-state index contributed by atoms with van der Waals surface area (Å²) in [7, 11) is 0. The van der Waals surface area contributed by atoms with Gasteiger partial charge < -0.3 is 19.4 Å². The van der Waals surface area contributed by atoms with Crippen molar-refractivity contribution < 1.29 is 19.4 Å². The molecule has 0 bridgehead atoms. The zero-order valence-electron chi connectivity index (χ0n) is 10.2. The van der Waals surface area contributed by atoms with E-state index >= 15 is 0 Å². The summed E-state index contributed by atoms with van der Waals surface area (Å²) in [6, 6.07) is 4.50. The third kappa shape index (κ3) is 3.98. The molecule has 4 nitrogen and oxygen atoms in total. The average molecular weight is 237 g/mol. The van der Waals surface area contributed by atoms with Gasteiger partial charge in [-0.3, -0.25) is 0 Å². The van der Waals surface area contributed by atoms with E-state index < -0.39 is 5.97 Å². The van der Waals surface area contributed by atoms with Gasteiger partial charge in [0.1, 0.15) is 0 Å². The van der Waals surface area contributed by atoms with Crippen molar-refractivity contribution >= 4 is 5.97 Å². The molecule has 0 saturated heterocycles. The summed E-state index contributed by atoms with van der Waals surface area (Å²) in [5.41, 5.74) is 0.0972. The highest BCUT2D eigenvalue weighted by molar-refractivity contribution is 5.86. The first-order valence-corrected chi connectivity index (χ1v) is 5.80. The molecular formula is C13H17O4-. The second-order valence-corrected chi connectivity index (χ2v) is 3.65. The summed E-state index contributed by atoms with van der Waals surface area (Å²) in [4.78, 5) is 10.7. The second kappa shape index (κ2) is 6.78. The van der Waals surface area contributed by atoms with Crippen molar-refractivity contribution in [2.45, 2.75) is 26.7 Å². The van der Waals surface area contributed by atoms with Crippen LogP contribution in [0.3, 0.4) is 0 Å². The van der Waals surface area contributed by atoms with Crippen LogP contribution in [-0.2, 0) is 0 Å². The number of ether oxygens (including phenoxy) is 2. The number of hydrogen-bond donors (Lipinski definition) is 0. The molecule has 0 aliphatic rings. The van der Waals surface area contributed by atoms with Crippen molar-refractivity contribution in [2.24, 2.45) is 0 Å². The maximum Gasteiger partial charge on any atom is 0.161 e. The van der Waals surface area contributed by atoms with Gasteiger partial charge in [0.05, 0.1) is 19.2 Å². The fourth-order valence-electron chi connectivity index (χ4n) is 1.29. The summed E-state index contributed by atoms with van der Waals surface area (Å²) in [6.07, 6.45) is 1.73. The van der Waals surface area contributed by atoms with Crippen molar-refractivity contribution in [3.8, 4) is 11.5 Å². The van der Waals surface area contributed by atoms with E-state index in [2.05, 4.69) is 0 Å². The van der Waals surface area contributed by atoms with E-state index in [-0.39, 0.29) is 5.56 Å². The van der Waals surface area contributed by atoms with E-state index in [1.165, 1.54) is 12.1 Å². The Morgan fingerprint density at radius 3 is 2.24 bits per heavy atom. The van der Waals surface area contributed by atoms with Crippen molar-refractivity contribution in [1.82, 2.24) is 0 Å². The van der Waals surface area contributed by atoms with Gasteiger partial charge in [-0.2, -0.15) is 0 Å². The van der Waals surface area contributed by atoms with Gasteiger partial charge >= 0.3 is 0 Å². The molecule has 0 aliphatic heterocycles. The van der Waals surface area contributed by atoms with Crippen LogP contribution in [0.2, 0.25) is 0 Å². The largest absolute Gasteiger partial charge is 0.545 e. The van der Waals surface area contributed by atoms with Gasteiger partial charge in [-0.25, -0.2) is 0 Å². The van der Waals surface area contributed by atoms with E-state index in [4.69, 9.17) is 9.47 Å². The number of benzene rings is 1. The van der Waals surface area contributed by atoms with Crippen LogP contribution in [0.15, 0.2) is 18.2 Å². The Kier molecular flexibility index (Phi) is 5.33. The lowest BCUT2D eigenvalue weighted by Crippen LogP contribution is -2.22. The molecule has 1 rings (SSSR count). The first kappa shape index (κ1) is 13.4. The highest BCUT2D eigenvalue weighted by Crippen LogP contribution is 2.28. The number of carbonyl (C=O) groups is 1. The molecule has 0 aliphatic carbocycles. The van der Waals surface area contributed by atoms with E-state index in [0.29, 0.717) is 24.7 Å². The Morgan fingerprint density at radius 2 is 1.71 bits per heavy atom. The van der Waals surface area contributed by atoms with Crippen LogP contribution in [-0.4, -0.2) is 19.2 Å². The van der Waals surface area contributed by atoms with Crippen LogP contribution >= 0.6 is 0 Å². The van der Waals surface area contributed by atoms with E-state index in [0.717, 1.165) is 12.8 Å². The minimum Gasteiger partial charge on any atom is -0.545 e. The van der Waals surface area contributed by atoms with Crippen LogP contribution in [0.4, 0.5) is 0 Å². The highest BCUT2D eigenvalue weighted by atomic mass is 16.5. The minimum atomic E-state index is -1.21. The zero-order chi connectivity index (χ0) is 12.7. The molecule has 1 aromatic rings. The topological polar surface area (TPSA) is 58.6 Å². The predicted octanol–water partition coefficient (Wildman–Crippen LogP) is 1.63. The average Bonchev–Trinajstić information content (AvgIpc) is 2.34. The van der Waals surface area contributed by atoms with Crippen LogP contribution in [0.1, 0.15) is 37.0 Å². The summed E-state index contributed by atoms with van der Waals surface area (Å²) >= 11 is 0. The maximum absolute atomic E-state index is 10.7. The van der Waals surface area contributed by atoms with Crippen LogP contribution < -0.4 is 14.6 Å². The van der Waals surface area contributed by atoms with Crippen molar-refractivity contribution in [3.05, 3.63) is 23.8 Å². The SMILES string of the molecule is CCCOc1ccc(C(=O)[O-])cc1OCCC. The third-order valence-corrected chi connectivity index (χ3v) is 2.10. The van der Waals surface area contributed by atoms with Crippen molar-refractivity contribution in [2.75, 3.05) is 13.2 Å². The smallest absolute Gasteiger partial charge is 0.161 e. The summed E-state index contributed by atoms with van der Waals surface area (Å²) in [5, 5.41) is 10.7. The minimum absolute atomic E-state index is 0.0972. The molecule has 94 valence electrons. The molecular weight excluding hydrogens is 220 g/mol. The number of carbonyl (C=O) groups excluding carboxylic acids is 1. The number of aromatic carboxylic acids is 1. The molecule has 0 N–H and O–H groups in total. The molecule has 0 amide bonds. The standard InChI is InChI=1S/C13H18O4/c1-3-7-16-11-6-5-10(13(14)15)9-12(11)17-8-4-2/h5-6,9H,3-4,7-8H2,1-2H3,(H,14,15)/p-1. The molecule has 0 unspecified atom stereocenters. The van der Waals surface area contributed by atoms with Gasteiger partial charge in [0.2, 0.25) is 0 Å². The number of carboxylic acid groups (broad SMARTS) is 1. The molecule has 0 spiro atoms. The van der Waals surface area contributed by atoms with Crippen LogP contribution in [0.25, 0.3) is 0 Å². The molecule has 0 saturated carbocycles. The maximum atomic E-state index is 10.7. The van der Waals surface area contributed by atoms with Gasteiger partial charge in [-0.1, -0.05) is 13.8 Å². The Balaban J connectivity index is 2.90. The molecule has 0 aromatic heterocycles. The lowest BCUT2D eigenvalue weighted by molar-refractivity contribution is -0.255. The molecule has 0 heterocycles. The summed E-state index contributed by atoms with van der Waals surface area (Å²) in [5.74, 6) is -0.180. The summed E-state index contributed by atoms with van der Waals surface area (Å²) < 4.78 is 10.9. The quantitative estimate of drug-likeness (QED) is 0.723. The lowest BCUT2D eigenvalue weighted by atomic mass is 10.2. The molecule has 0 atom stereocenters. The Hall–Kier alpha value is -1.71. The Labute approximate surface area is 101 Å². The van der Waals surface area contributed by atoms with Gasteiger partial charge in [-0.15, -0.1) is 0 Å².